The van der Waals surface area contributed by atoms with Crippen molar-refractivity contribution >= 4 is 34.0 Å². The zero-order valence-corrected chi connectivity index (χ0v) is 21.8. The monoisotopic (exact) mass is 508 g/mol. The Kier molecular flexibility index (Phi) is 6.44. The van der Waals surface area contributed by atoms with Crippen LogP contribution in [0.1, 0.15) is 31.9 Å². The molecular formula is C31H28N2O3S. The van der Waals surface area contributed by atoms with Crippen LogP contribution in [0.15, 0.2) is 94.1 Å². The largest absolute Gasteiger partial charge is 0.508 e. The van der Waals surface area contributed by atoms with E-state index in [9.17, 15) is 9.90 Å². The Morgan fingerprint density at radius 3 is 2.35 bits per heavy atom. The third-order valence-corrected chi connectivity index (χ3v) is 6.63. The van der Waals surface area contributed by atoms with Crippen molar-refractivity contribution < 1.29 is 9.52 Å². The minimum Gasteiger partial charge on any atom is -0.508 e. The van der Waals surface area contributed by atoms with Gasteiger partial charge in [0.15, 0.2) is 10.5 Å². The lowest BCUT2D eigenvalue weighted by molar-refractivity contribution is 0.474. The average molecular weight is 509 g/mol. The van der Waals surface area contributed by atoms with Gasteiger partial charge < -0.3 is 20.2 Å². The van der Waals surface area contributed by atoms with Crippen LogP contribution in [-0.4, -0.2) is 10.2 Å². The molecule has 0 unspecified atom stereocenters. The lowest BCUT2D eigenvalue weighted by atomic mass is 9.87. The average Bonchev–Trinajstić information content (AvgIpc) is 2.86. The first-order valence-electron chi connectivity index (χ1n) is 12.1. The molecule has 0 saturated carbocycles. The summed E-state index contributed by atoms with van der Waals surface area (Å²) < 4.78 is 5.93. The van der Waals surface area contributed by atoms with Crippen molar-refractivity contribution in [2.24, 2.45) is 0 Å². The van der Waals surface area contributed by atoms with E-state index in [4.69, 9.17) is 16.6 Å². The zero-order chi connectivity index (χ0) is 26.2. The molecule has 0 aromatic heterocycles. The summed E-state index contributed by atoms with van der Waals surface area (Å²) >= 11 is 5.51. The predicted molar refractivity (Wildman–Crippen MR) is 154 cm³/mol. The third kappa shape index (κ3) is 5.34. The van der Waals surface area contributed by atoms with E-state index < -0.39 is 0 Å². The molecule has 186 valence electrons. The van der Waals surface area contributed by atoms with Crippen LogP contribution in [0.5, 0.6) is 5.75 Å². The quantitative estimate of drug-likeness (QED) is 0.178. The second kappa shape index (κ2) is 9.71. The van der Waals surface area contributed by atoms with Gasteiger partial charge in [-0.2, -0.15) is 0 Å². The van der Waals surface area contributed by atoms with Crippen molar-refractivity contribution in [1.29, 1.82) is 0 Å². The Balaban J connectivity index is 1.35. The Morgan fingerprint density at radius 1 is 0.919 bits per heavy atom. The van der Waals surface area contributed by atoms with Crippen molar-refractivity contribution in [2.45, 2.75) is 32.7 Å². The number of fused-ring (bicyclic) bond motifs is 2. The maximum atomic E-state index is 11.9. The van der Waals surface area contributed by atoms with E-state index in [2.05, 4.69) is 55.7 Å². The highest BCUT2D eigenvalue weighted by atomic mass is 32.1. The van der Waals surface area contributed by atoms with Gasteiger partial charge in [-0.1, -0.05) is 57.2 Å². The Morgan fingerprint density at radius 2 is 1.65 bits per heavy atom. The van der Waals surface area contributed by atoms with Crippen molar-refractivity contribution in [3.05, 3.63) is 106 Å². The molecule has 1 aliphatic heterocycles. The van der Waals surface area contributed by atoms with E-state index in [1.54, 1.807) is 18.2 Å². The van der Waals surface area contributed by atoms with E-state index in [0.717, 1.165) is 33.3 Å². The number of anilines is 1. The molecule has 3 N–H and O–H groups in total. The first-order valence-corrected chi connectivity index (χ1v) is 12.5. The number of phenolic OH excluding ortho intramolecular Hbond substituents is 1. The Labute approximate surface area is 221 Å². The molecule has 0 spiro atoms. The molecule has 0 radical (unpaired) electrons. The van der Waals surface area contributed by atoms with E-state index in [-0.39, 0.29) is 16.6 Å². The Hall–Kier alpha value is -4.16. The van der Waals surface area contributed by atoms with Crippen LogP contribution in [0, 0.1) is 0 Å². The first-order chi connectivity index (χ1) is 17.7. The highest BCUT2D eigenvalue weighted by Crippen LogP contribution is 2.40. The van der Waals surface area contributed by atoms with Gasteiger partial charge in [-0.25, -0.2) is 0 Å². The fourth-order valence-corrected chi connectivity index (χ4v) is 4.56. The van der Waals surface area contributed by atoms with E-state index in [1.807, 2.05) is 30.3 Å². The van der Waals surface area contributed by atoms with Crippen LogP contribution in [-0.2, 0) is 12.0 Å². The van der Waals surface area contributed by atoms with Crippen LogP contribution in [0.2, 0.25) is 0 Å². The summed E-state index contributed by atoms with van der Waals surface area (Å²) in [7, 11) is 0. The second-order valence-electron chi connectivity index (χ2n) is 10.1. The van der Waals surface area contributed by atoms with Crippen LogP contribution in [0.25, 0.3) is 33.4 Å². The molecule has 5 nitrogen and oxygen atoms in total. The molecule has 0 atom stereocenters. The molecule has 6 heteroatoms. The fraction of sp³-hybridized carbons (Fsp3) is 0.161. The van der Waals surface area contributed by atoms with Crippen molar-refractivity contribution in [3.63, 3.8) is 0 Å². The highest BCUT2D eigenvalue weighted by Gasteiger charge is 2.18. The summed E-state index contributed by atoms with van der Waals surface area (Å²) in [5, 5.41) is 17.8. The molecule has 0 bridgehead atoms. The third-order valence-electron chi connectivity index (χ3n) is 6.38. The van der Waals surface area contributed by atoms with E-state index in [1.165, 1.54) is 17.7 Å². The molecule has 3 aromatic carbocycles. The normalized spacial score (nSPS) is 11.5. The maximum absolute atomic E-state index is 11.9. The molecule has 1 aliphatic carbocycles. The molecule has 0 saturated heterocycles. The van der Waals surface area contributed by atoms with Crippen LogP contribution in [0.3, 0.4) is 0 Å². The van der Waals surface area contributed by atoms with E-state index >= 15 is 0 Å². The van der Waals surface area contributed by atoms with Gasteiger partial charge in [-0.05, 0) is 70.7 Å². The second-order valence-corrected chi connectivity index (χ2v) is 10.6. The van der Waals surface area contributed by atoms with Gasteiger partial charge in [0.1, 0.15) is 17.1 Å². The number of rotatable bonds is 4. The number of phenols is 1. The molecule has 0 fully saturated rings. The van der Waals surface area contributed by atoms with Gasteiger partial charge in [0.05, 0.1) is 0 Å². The molecule has 2 aliphatic rings. The van der Waals surface area contributed by atoms with Gasteiger partial charge >= 0.3 is 0 Å². The zero-order valence-electron chi connectivity index (χ0n) is 21.0. The van der Waals surface area contributed by atoms with Crippen LogP contribution < -0.4 is 16.1 Å². The lowest BCUT2D eigenvalue weighted by Gasteiger charge is -2.19. The Bertz CT molecular complexity index is 1610. The number of nitrogens with one attached hydrogen (secondary N) is 2. The molecule has 0 amide bonds. The number of hydrogen-bond donors (Lipinski definition) is 3. The molecule has 37 heavy (non-hydrogen) atoms. The SMILES string of the molecule is CC(C)(C)c1ccc(CNC(=S)Nc2ccc(-c3c4ccc(=O)cc-4oc4cc(O)ccc34)cc2)cc1. The smallest absolute Gasteiger partial charge is 0.182 e. The molecular weight excluding hydrogens is 480 g/mol. The number of aromatic hydroxyl groups is 1. The summed E-state index contributed by atoms with van der Waals surface area (Å²) in [6, 6.07) is 26.3. The standard InChI is InChI=1S/C31H28N2O3S/c1-31(2,3)21-8-4-19(5-9-21)18-32-30(37)33-22-10-6-20(7-11-22)29-25-14-12-23(34)16-27(25)36-28-17-24(35)13-15-26(28)29/h4-17,34H,18H2,1-3H3,(H2,32,33,37). The minimum atomic E-state index is -0.132. The van der Waals surface area contributed by atoms with Crippen molar-refractivity contribution in [2.75, 3.05) is 5.32 Å². The minimum absolute atomic E-state index is 0.102. The number of thiocarbonyl (C=S) groups is 1. The topological polar surface area (TPSA) is 74.5 Å². The highest BCUT2D eigenvalue weighted by molar-refractivity contribution is 7.80. The predicted octanol–water partition coefficient (Wildman–Crippen LogP) is 7.05. The molecule has 5 rings (SSSR count). The number of benzene rings is 4. The first kappa shape index (κ1) is 24.5. The maximum Gasteiger partial charge on any atom is 0.182 e. The summed E-state index contributed by atoms with van der Waals surface area (Å²) in [6.45, 7) is 7.25. The van der Waals surface area contributed by atoms with Gasteiger partial charge in [0.25, 0.3) is 0 Å². The van der Waals surface area contributed by atoms with Gasteiger partial charge in [0.2, 0.25) is 0 Å². The summed E-state index contributed by atoms with van der Waals surface area (Å²) in [5.41, 5.74) is 6.54. The molecule has 1 heterocycles. The van der Waals surface area contributed by atoms with Crippen molar-refractivity contribution in [1.82, 2.24) is 5.32 Å². The molecule has 3 aromatic rings. The van der Waals surface area contributed by atoms with Crippen LogP contribution >= 0.6 is 12.2 Å². The number of hydrogen-bond acceptors (Lipinski definition) is 4. The van der Waals surface area contributed by atoms with Crippen LogP contribution in [0.4, 0.5) is 5.69 Å². The van der Waals surface area contributed by atoms with Gasteiger partial charge in [-0.15, -0.1) is 0 Å². The van der Waals surface area contributed by atoms with Crippen molar-refractivity contribution in [3.8, 4) is 28.2 Å². The van der Waals surface area contributed by atoms with Gasteiger partial charge in [0, 0.05) is 40.9 Å². The summed E-state index contributed by atoms with van der Waals surface area (Å²) in [5.74, 6) is 0.578. The van der Waals surface area contributed by atoms with E-state index in [0.29, 0.717) is 23.0 Å². The lowest BCUT2D eigenvalue weighted by Crippen LogP contribution is -2.27. The van der Waals surface area contributed by atoms with Gasteiger partial charge in [-0.3, -0.25) is 4.79 Å². The summed E-state index contributed by atoms with van der Waals surface area (Å²) in [6.07, 6.45) is 0. The fourth-order valence-electron chi connectivity index (χ4n) is 4.37. The summed E-state index contributed by atoms with van der Waals surface area (Å²) in [4.78, 5) is 11.9.